The number of esters is 1. The first-order valence-electron chi connectivity index (χ1n) is 5.76. The number of hydrogen-bond donors (Lipinski definition) is 2. The summed E-state index contributed by atoms with van der Waals surface area (Å²) < 4.78 is 4.65. The number of halogens is 1. The number of ether oxygens (including phenoxy) is 1. The summed E-state index contributed by atoms with van der Waals surface area (Å²) in [6.07, 6.45) is 0.681. The van der Waals surface area contributed by atoms with Crippen molar-refractivity contribution >= 4 is 24.3 Å². The smallest absolute Gasteiger partial charge is 0.337 e. The summed E-state index contributed by atoms with van der Waals surface area (Å²) in [6, 6.07) is 7.19. The van der Waals surface area contributed by atoms with E-state index >= 15 is 0 Å². The Balaban J connectivity index is 0.00000324. The Kier molecular flexibility index (Phi) is 8.57. The van der Waals surface area contributed by atoms with Crippen LogP contribution in [0.4, 0.5) is 0 Å². The number of rotatable bonds is 6. The van der Waals surface area contributed by atoms with Gasteiger partial charge in [-0.15, -0.1) is 12.4 Å². The van der Waals surface area contributed by atoms with E-state index in [0.29, 0.717) is 25.1 Å². The Bertz CT molecular complexity index is 424. The maximum atomic E-state index is 11.3. The summed E-state index contributed by atoms with van der Waals surface area (Å²) in [6.45, 7) is 0.855. The van der Waals surface area contributed by atoms with Crippen LogP contribution in [0.15, 0.2) is 24.3 Å². The minimum absolute atomic E-state index is 0. The van der Waals surface area contributed by atoms with Crippen molar-refractivity contribution in [2.45, 2.75) is 6.42 Å². The predicted octanol–water partition coefficient (Wildman–Crippen LogP) is 0.773. The van der Waals surface area contributed by atoms with E-state index in [1.54, 1.807) is 25.2 Å². The number of nitrogens with one attached hydrogen (secondary N) is 2. The maximum Gasteiger partial charge on any atom is 0.337 e. The van der Waals surface area contributed by atoms with Crippen molar-refractivity contribution in [3.8, 4) is 0 Å². The molecule has 106 valence electrons. The first-order valence-corrected chi connectivity index (χ1v) is 5.76. The van der Waals surface area contributed by atoms with Crippen LogP contribution in [-0.2, 0) is 16.0 Å². The first kappa shape index (κ1) is 17.4. The third-order valence-corrected chi connectivity index (χ3v) is 2.42. The van der Waals surface area contributed by atoms with Crippen molar-refractivity contribution in [3.63, 3.8) is 0 Å². The molecule has 1 amide bonds. The highest BCUT2D eigenvalue weighted by molar-refractivity contribution is 5.89. The van der Waals surface area contributed by atoms with Gasteiger partial charge in [-0.2, -0.15) is 0 Å². The number of carbonyl (C=O) groups is 2. The van der Waals surface area contributed by atoms with Gasteiger partial charge in [0.1, 0.15) is 0 Å². The zero-order chi connectivity index (χ0) is 13.4. The molecule has 19 heavy (non-hydrogen) atoms. The number of hydrogen-bond acceptors (Lipinski definition) is 4. The lowest BCUT2D eigenvalue weighted by Crippen LogP contribution is -2.33. The van der Waals surface area contributed by atoms with Gasteiger partial charge in [-0.25, -0.2) is 4.79 Å². The van der Waals surface area contributed by atoms with Gasteiger partial charge in [0, 0.05) is 6.54 Å². The summed E-state index contributed by atoms with van der Waals surface area (Å²) in [5.41, 5.74) is 1.51. The van der Waals surface area contributed by atoms with Gasteiger partial charge >= 0.3 is 5.97 Å². The van der Waals surface area contributed by atoms with Gasteiger partial charge in [-0.1, -0.05) is 12.1 Å². The Morgan fingerprint density at radius 3 is 2.68 bits per heavy atom. The third kappa shape index (κ3) is 6.22. The molecule has 0 aliphatic carbocycles. The SMILES string of the molecule is CNCC(=O)NCCc1cccc(C(=O)OC)c1.Cl. The summed E-state index contributed by atoms with van der Waals surface area (Å²) in [5.74, 6) is -0.391. The lowest BCUT2D eigenvalue weighted by Gasteiger charge is -2.06. The Hall–Kier alpha value is -1.59. The number of benzene rings is 1. The molecule has 0 radical (unpaired) electrons. The fourth-order valence-electron chi connectivity index (χ4n) is 1.54. The lowest BCUT2D eigenvalue weighted by atomic mass is 10.1. The van der Waals surface area contributed by atoms with Crippen molar-refractivity contribution < 1.29 is 14.3 Å². The average molecular weight is 287 g/mol. The maximum absolute atomic E-state index is 11.3. The molecule has 0 saturated heterocycles. The molecule has 2 N–H and O–H groups in total. The zero-order valence-corrected chi connectivity index (χ0v) is 11.9. The van der Waals surface area contributed by atoms with Crippen molar-refractivity contribution in [1.82, 2.24) is 10.6 Å². The summed E-state index contributed by atoms with van der Waals surface area (Å²) in [5, 5.41) is 5.55. The molecule has 1 aromatic carbocycles. The van der Waals surface area contributed by atoms with Crippen molar-refractivity contribution in [2.24, 2.45) is 0 Å². The first-order chi connectivity index (χ1) is 8.67. The molecule has 0 spiro atoms. The van der Waals surface area contributed by atoms with Crippen LogP contribution >= 0.6 is 12.4 Å². The molecule has 0 aliphatic heterocycles. The van der Waals surface area contributed by atoms with Gasteiger partial charge < -0.3 is 15.4 Å². The van der Waals surface area contributed by atoms with E-state index in [2.05, 4.69) is 15.4 Å². The van der Waals surface area contributed by atoms with Crippen molar-refractivity contribution in [3.05, 3.63) is 35.4 Å². The molecule has 0 aliphatic rings. The van der Waals surface area contributed by atoms with Crippen LogP contribution in [0, 0.1) is 0 Å². The van der Waals surface area contributed by atoms with E-state index in [-0.39, 0.29) is 24.3 Å². The standard InChI is InChI=1S/C13H18N2O3.ClH/c1-14-9-12(16)15-7-6-10-4-3-5-11(8-10)13(17)18-2;/h3-5,8,14H,6-7,9H2,1-2H3,(H,15,16);1H. The molecule has 0 aromatic heterocycles. The van der Waals surface area contributed by atoms with Gasteiger partial charge in [-0.05, 0) is 31.2 Å². The van der Waals surface area contributed by atoms with Crippen LogP contribution in [0.5, 0.6) is 0 Å². The molecular formula is C13H19ClN2O3. The van der Waals surface area contributed by atoms with Crippen LogP contribution < -0.4 is 10.6 Å². The van der Waals surface area contributed by atoms with Crippen LogP contribution in [-0.4, -0.2) is 39.1 Å². The Morgan fingerprint density at radius 1 is 1.32 bits per heavy atom. The van der Waals surface area contributed by atoms with E-state index in [0.717, 1.165) is 5.56 Å². The molecule has 0 atom stereocenters. The minimum Gasteiger partial charge on any atom is -0.465 e. The summed E-state index contributed by atoms with van der Waals surface area (Å²) in [4.78, 5) is 22.5. The molecule has 1 aromatic rings. The van der Waals surface area contributed by atoms with Gasteiger partial charge in [0.15, 0.2) is 0 Å². The van der Waals surface area contributed by atoms with E-state index in [1.807, 2.05) is 6.07 Å². The molecule has 0 unspecified atom stereocenters. The van der Waals surface area contributed by atoms with Gasteiger partial charge in [-0.3, -0.25) is 4.79 Å². The second kappa shape index (κ2) is 9.35. The van der Waals surface area contributed by atoms with Crippen LogP contribution in [0.2, 0.25) is 0 Å². The van der Waals surface area contributed by atoms with Crippen LogP contribution in [0.1, 0.15) is 15.9 Å². The fourth-order valence-corrected chi connectivity index (χ4v) is 1.54. The molecule has 5 nitrogen and oxygen atoms in total. The van der Waals surface area contributed by atoms with Gasteiger partial charge in [0.05, 0.1) is 19.2 Å². The minimum atomic E-state index is -0.351. The molecule has 0 bridgehead atoms. The van der Waals surface area contributed by atoms with E-state index < -0.39 is 0 Å². The molecule has 1 rings (SSSR count). The number of likely N-dealkylation sites (N-methyl/N-ethyl adjacent to an activating group) is 1. The highest BCUT2D eigenvalue weighted by Crippen LogP contribution is 2.06. The number of carbonyl (C=O) groups excluding carboxylic acids is 2. The summed E-state index contributed by atoms with van der Waals surface area (Å²) in [7, 11) is 3.08. The topological polar surface area (TPSA) is 67.4 Å². The molecule has 0 saturated carbocycles. The number of methoxy groups -OCH3 is 1. The van der Waals surface area contributed by atoms with Crippen LogP contribution in [0.25, 0.3) is 0 Å². The monoisotopic (exact) mass is 286 g/mol. The third-order valence-electron chi connectivity index (χ3n) is 2.42. The predicted molar refractivity (Wildman–Crippen MR) is 75.7 cm³/mol. The number of amides is 1. The van der Waals surface area contributed by atoms with E-state index in [1.165, 1.54) is 7.11 Å². The van der Waals surface area contributed by atoms with Crippen molar-refractivity contribution in [1.29, 1.82) is 0 Å². The van der Waals surface area contributed by atoms with Gasteiger partial charge in [0.2, 0.25) is 5.91 Å². The second-order valence-corrected chi connectivity index (χ2v) is 3.82. The second-order valence-electron chi connectivity index (χ2n) is 3.82. The average Bonchev–Trinajstić information content (AvgIpc) is 2.38. The fraction of sp³-hybridized carbons (Fsp3) is 0.385. The Labute approximate surface area is 119 Å². The quantitative estimate of drug-likeness (QED) is 0.758. The normalized spacial score (nSPS) is 9.37. The molecule has 6 heteroatoms. The zero-order valence-electron chi connectivity index (χ0n) is 11.1. The lowest BCUT2D eigenvalue weighted by molar-refractivity contribution is -0.120. The van der Waals surface area contributed by atoms with Gasteiger partial charge in [0.25, 0.3) is 0 Å². The van der Waals surface area contributed by atoms with Crippen molar-refractivity contribution in [2.75, 3.05) is 27.2 Å². The van der Waals surface area contributed by atoms with Crippen LogP contribution in [0.3, 0.4) is 0 Å². The summed E-state index contributed by atoms with van der Waals surface area (Å²) >= 11 is 0. The largest absolute Gasteiger partial charge is 0.465 e. The Morgan fingerprint density at radius 2 is 2.05 bits per heavy atom. The molecule has 0 fully saturated rings. The van der Waals surface area contributed by atoms with E-state index in [9.17, 15) is 9.59 Å². The van der Waals surface area contributed by atoms with E-state index in [4.69, 9.17) is 0 Å². The highest BCUT2D eigenvalue weighted by atomic mass is 35.5. The molecular weight excluding hydrogens is 268 g/mol. The highest BCUT2D eigenvalue weighted by Gasteiger charge is 2.05. The molecule has 0 heterocycles.